The van der Waals surface area contributed by atoms with Gasteiger partial charge < -0.3 is 20.5 Å². The first-order valence-corrected chi connectivity index (χ1v) is 6.86. The summed E-state index contributed by atoms with van der Waals surface area (Å²) in [6.07, 6.45) is 0.738. The smallest absolute Gasteiger partial charge is 0.336 e. The molecule has 0 fully saturated rings. The lowest BCUT2D eigenvalue weighted by Gasteiger charge is -2.16. The largest absolute Gasteiger partial charge is 0.478 e. The minimum absolute atomic E-state index is 0.0885. The van der Waals surface area contributed by atoms with E-state index in [0.29, 0.717) is 16.8 Å². The zero-order chi connectivity index (χ0) is 15.1. The number of carbonyl (C=O) groups excluding carboxylic acids is 1. The van der Waals surface area contributed by atoms with Crippen LogP contribution in [0, 0.1) is 0 Å². The topological polar surface area (TPSA) is 87.7 Å². The first-order chi connectivity index (χ1) is 9.47. The third-order valence-corrected chi connectivity index (χ3v) is 3.34. The van der Waals surface area contributed by atoms with Crippen molar-refractivity contribution in [2.24, 2.45) is 0 Å². The van der Waals surface area contributed by atoms with Crippen molar-refractivity contribution in [3.63, 3.8) is 0 Å². The third kappa shape index (κ3) is 4.82. The molecule has 2 amide bonds. The molecule has 3 N–H and O–H groups in total. The molecule has 20 heavy (non-hydrogen) atoms. The molecule has 1 atom stereocenters. The van der Waals surface area contributed by atoms with E-state index < -0.39 is 12.0 Å². The predicted octanol–water partition coefficient (Wildman–Crippen LogP) is 2.69. The van der Waals surface area contributed by atoms with Gasteiger partial charge in [0, 0.05) is 17.3 Å². The maximum absolute atomic E-state index is 11.8. The van der Waals surface area contributed by atoms with Gasteiger partial charge in [0.1, 0.15) is 0 Å². The number of carboxylic acid groups (broad SMARTS) is 1. The molecule has 0 spiro atoms. The number of methoxy groups -OCH3 is 1. The van der Waals surface area contributed by atoms with Gasteiger partial charge >= 0.3 is 12.0 Å². The lowest BCUT2D eigenvalue weighted by Crippen LogP contribution is -2.40. The number of carbonyl (C=O) groups is 2. The maximum atomic E-state index is 11.8. The Kier molecular flexibility index (Phi) is 6.47. The molecule has 1 rings (SSSR count). The SMILES string of the molecule is CCC(COC)NC(=O)Nc1ccc(Br)c(C(=O)O)c1. The molecule has 1 aromatic rings. The summed E-state index contributed by atoms with van der Waals surface area (Å²) in [4.78, 5) is 22.8. The Labute approximate surface area is 125 Å². The van der Waals surface area contributed by atoms with Crippen LogP contribution in [0.1, 0.15) is 23.7 Å². The highest BCUT2D eigenvalue weighted by Crippen LogP contribution is 2.21. The summed E-state index contributed by atoms with van der Waals surface area (Å²) >= 11 is 3.14. The van der Waals surface area contributed by atoms with Crippen LogP contribution in [0.25, 0.3) is 0 Å². The van der Waals surface area contributed by atoms with E-state index in [-0.39, 0.29) is 11.6 Å². The number of aromatic carboxylic acids is 1. The normalized spacial score (nSPS) is 11.8. The standard InChI is InChI=1S/C13H17BrN2O4/c1-3-8(7-20-2)15-13(19)16-9-4-5-11(14)10(6-9)12(17)18/h4-6,8H,3,7H2,1-2H3,(H,17,18)(H2,15,16,19). The molecule has 0 aliphatic rings. The Bertz CT molecular complexity index is 493. The van der Waals surface area contributed by atoms with E-state index in [1.165, 1.54) is 6.07 Å². The van der Waals surface area contributed by atoms with E-state index in [1.54, 1.807) is 19.2 Å². The van der Waals surface area contributed by atoms with Crippen LogP contribution in [0.5, 0.6) is 0 Å². The van der Waals surface area contributed by atoms with E-state index in [1.807, 2.05) is 6.92 Å². The van der Waals surface area contributed by atoms with E-state index in [2.05, 4.69) is 26.6 Å². The van der Waals surface area contributed by atoms with Crippen LogP contribution in [0.3, 0.4) is 0 Å². The van der Waals surface area contributed by atoms with Gasteiger partial charge in [-0.2, -0.15) is 0 Å². The summed E-state index contributed by atoms with van der Waals surface area (Å²) in [7, 11) is 1.57. The summed E-state index contributed by atoms with van der Waals surface area (Å²) in [5.74, 6) is -1.06. The number of rotatable bonds is 6. The number of halogens is 1. The van der Waals surface area contributed by atoms with Crippen LogP contribution in [-0.2, 0) is 4.74 Å². The molecule has 0 heterocycles. The van der Waals surface area contributed by atoms with Crippen molar-refractivity contribution in [3.05, 3.63) is 28.2 Å². The van der Waals surface area contributed by atoms with Gasteiger partial charge in [0.15, 0.2) is 0 Å². The van der Waals surface area contributed by atoms with Gasteiger partial charge in [-0.1, -0.05) is 6.92 Å². The number of amides is 2. The monoisotopic (exact) mass is 344 g/mol. The first kappa shape index (κ1) is 16.5. The number of anilines is 1. The zero-order valence-corrected chi connectivity index (χ0v) is 12.9. The second-order valence-corrected chi connectivity index (χ2v) is 5.01. The Morgan fingerprint density at radius 1 is 1.45 bits per heavy atom. The first-order valence-electron chi connectivity index (χ1n) is 6.07. The Morgan fingerprint density at radius 3 is 2.70 bits per heavy atom. The average molecular weight is 345 g/mol. The van der Waals surface area contributed by atoms with Crippen LogP contribution in [-0.4, -0.2) is 36.9 Å². The fourth-order valence-corrected chi connectivity index (χ4v) is 2.00. The summed E-state index contributed by atoms with van der Waals surface area (Å²) in [5, 5.41) is 14.3. The van der Waals surface area contributed by atoms with Gasteiger partial charge in [-0.3, -0.25) is 0 Å². The number of nitrogens with one attached hydrogen (secondary N) is 2. The molecule has 110 valence electrons. The molecule has 0 saturated carbocycles. The van der Waals surface area contributed by atoms with Crippen molar-refractivity contribution < 1.29 is 19.4 Å². The van der Waals surface area contributed by atoms with E-state index in [0.717, 1.165) is 6.42 Å². The van der Waals surface area contributed by atoms with Gasteiger partial charge in [0.25, 0.3) is 0 Å². The summed E-state index contributed by atoms with van der Waals surface area (Å²) in [6, 6.07) is 4.10. The molecular formula is C13H17BrN2O4. The van der Waals surface area contributed by atoms with Gasteiger partial charge in [-0.15, -0.1) is 0 Å². The fourth-order valence-electron chi connectivity index (χ4n) is 1.58. The summed E-state index contributed by atoms with van der Waals surface area (Å²) < 4.78 is 5.45. The second-order valence-electron chi connectivity index (χ2n) is 4.16. The van der Waals surface area contributed by atoms with Gasteiger partial charge in [-0.25, -0.2) is 9.59 Å². The van der Waals surface area contributed by atoms with Crippen molar-refractivity contribution in [3.8, 4) is 0 Å². The van der Waals surface area contributed by atoms with Gasteiger partial charge in [0.2, 0.25) is 0 Å². The van der Waals surface area contributed by atoms with Crippen molar-refractivity contribution in [1.29, 1.82) is 0 Å². The molecule has 0 radical (unpaired) electrons. The van der Waals surface area contributed by atoms with Crippen molar-refractivity contribution in [2.45, 2.75) is 19.4 Å². The highest BCUT2D eigenvalue weighted by atomic mass is 79.9. The number of hydrogen-bond acceptors (Lipinski definition) is 3. The van der Waals surface area contributed by atoms with E-state index in [9.17, 15) is 9.59 Å². The van der Waals surface area contributed by atoms with E-state index in [4.69, 9.17) is 9.84 Å². The Morgan fingerprint density at radius 2 is 2.15 bits per heavy atom. The average Bonchev–Trinajstić information content (AvgIpc) is 2.40. The predicted molar refractivity (Wildman–Crippen MR) is 79.2 cm³/mol. The number of carboxylic acids is 1. The minimum Gasteiger partial charge on any atom is -0.478 e. The highest BCUT2D eigenvalue weighted by Gasteiger charge is 2.12. The van der Waals surface area contributed by atoms with Gasteiger partial charge in [0.05, 0.1) is 18.2 Å². The fraction of sp³-hybridized carbons (Fsp3) is 0.385. The third-order valence-electron chi connectivity index (χ3n) is 2.65. The van der Waals surface area contributed by atoms with Crippen LogP contribution in [0.2, 0.25) is 0 Å². The molecule has 0 saturated heterocycles. The molecular weight excluding hydrogens is 328 g/mol. The van der Waals surface area contributed by atoms with Crippen LogP contribution in [0.4, 0.5) is 10.5 Å². The van der Waals surface area contributed by atoms with Crippen LogP contribution >= 0.6 is 15.9 Å². The quantitative estimate of drug-likeness (QED) is 0.740. The molecule has 0 aliphatic carbocycles. The molecule has 0 bridgehead atoms. The Balaban J connectivity index is 2.71. The summed E-state index contributed by atoms with van der Waals surface area (Å²) in [5.41, 5.74) is 0.502. The molecule has 6 nitrogen and oxygen atoms in total. The maximum Gasteiger partial charge on any atom is 0.336 e. The van der Waals surface area contributed by atoms with Crippen molar-refractivity contribution in [1.82, 2.24) is 5.32 Å². The Hall–Kier alpha value is -1.60. The zero-order valence-electron chi connectivity index (χ0n) is 11.3. The molecule has 0 aromatic heterocycles. The van der Waals surface area contributed by atoms with Gasteiger partial charge in [-0.05, 0) is 40.5 Å². The van der Waals surface area contributed by atoms with Crippen molar-refractivity contribution in [2.75, 3.05) is 19.0 Å². The van der Waals surface area contributed by atoms with E-state index >= 15 is 0 Å². The van der Waals surface area contributed by atoms with Crippen LogP contribution in [0.15, 0.2) is 22.7 Å². The lowest BCUT2D eigenvalue weighted by atomic mass is 10.2. The molecule has 7 heteroatoms. The van der Waals surface area contributed by atoms with Crippen molar-refractivity contribution >= 4 is 33.6 Å². The number of hydrogen-bond donors (Lipinski definition) is 3. The second kappa shape index (κ2) is 7.86. The highest BCUT2D eigenvalue weighted by molar-refractivity contribution is 9.10. The molecule has 1 unspecified atom stereocenters. The van der Waals surface area contributed by atoms with Crippen LogP contribution < -0.4 is 10.6 Å². The number of benzene rings is 1. The summed E-state index contributed by atoms with van der Waals surface area (Å²) in [6.45, 7) is 2.36. The number of urea groups is 1. The lowest BCUT2D eigenvalue weighted by molar-refractivity contribution is 0.0696. The number of ether oxygens (including phenoxy) is 1. The molecule has 1 aromatic carbocycles. The minimum atomic E-state index is -1.06. The molecule has 0 aliphatic heterocycles.